The first-order valence-electron chi connectivity index (χ1n) is 9.99. The molecular weight excluding hydrogens is 374 g/mol. The van der Waals surface area contributed by atoms with Crippen LogP contribution in [0.25, 0.3) is 10.9 Å². The monoisotopic (exact) mass is 397 g/mol. The van der Waals surface area contributed by atoms with Crippen LogP contribution in [0.1, 0.15) is 23.4 Å². The number of rotatable bonds is 6. The van der Waals surface area contributed by atoms with Gasteiger partial charge < -0.3 is 5.32 Å². The lowest BCUT2D eigenvalue weighted by molar-refractivity contribution is -0.116. The van der Waals surface area contributed by atoms with Gasteiger partial charge in [-0.25, -0.2) is 4.98 Å². The summed E-state index contributed by atoms with van der Waals surface area (Å²) in [7, 11) is 0. The Morgan fingerprint density at radius 2 is 1.60 bits per heavy atom. The lowest BCUT2D eigenvalue weighted by Crippen LogP contribution is -2.24. The summed E-state index contributed by atoms with van der Waals surface area (Å²) >= 11 is 0. The van der Waals surface area contributed by atoms with Gasteiger partial charge in [-0.3, -0.25) is 14.2 Å². The molecule has 0 bridgehead atoms. The molecule has 0 atom stereocenters. The van der Waals surface area contributed by atoms with Crippen LogP contribution in [0.3, 0.4) is 0 Å². The summed E-state index contributed by atoms with van der Waals surface area (Å²) in [6.07, 6.45) is 1.05. The van der Waals surface area contributed by atoms with E-state index in [0.29, 0.717) is 41.8 Å². The van der Waals surface area contributed by atoms with E-state index < -0.39 is 0 Å². The highest BCUT2D eigenvalue weighted by Gasteiger charge is 2.11. The summed E-state index contributed by atoms with van der Waals surface area (Å²) in [6.45, 7) is 2.30. The average Bonchev–Trinajstić information content (AvgIpc) is 2.77. The van der Waals surface area contributed by atoms with Crippen LogP contribution in [0.4, 0.5) is 5.69 Å². The summed E-state index contributed by atoms with van der Waals surface area (Å²) in [6, 6.07) is 25.0. The van der Waals surface area contributed by atoms with Gasteiger partial charge in [-0.15, -0.1) is 0 Å². The highest BCUT2D eigenvalue weighted by atomic mass is 16.1. The summed E-state index contributed by atoms with van der Waals surface area (Å²) in [5.41, 5.74) is 3.28. The zero-order valence-electron chi connectivity index (χ0n) is 16.8. The molecule has 0 spiro atoms. The van der Waals surface area contributed by atoms with Gasteiger partial charge in [0.1, 0.15) is 5.82 Å². The lowest BCUT2D eigenvalue weighted by atomic mass is 10.1. The molecule has 1 heterocycles. The topological polar surface area (TPSA) is 64.0 Å². The molecule has 0 fully saturated rings. The van der Waals surface area contributed by atoms with E-state index in [9.17, 15) is 9.59 Å². The van der Waals surface area contributed by atoms with Crippen LogP contribution < -0.4 is 10.9 Å². The van der Waals surface area contributed by atoms with E-state index in [1.54, 1.807) is 22.8 Å². The van der Waals surface area contributed by atoms with Crippen molar-refractivity contribution in [3.05, 3.63) is 106 Å². The number of anilines is 1. The molecule has 3 aromatic carbocycles. The van der Waals surface area contributed by atoms with Gasteiger partial charge in [0.05, 0.1) is 17.4 Å². The van der Waals surface area contributed by atoms with Crippen molar-refractivity contribution < 1.29 is 4.79 Å². The van der Waals surface area contributed by atoms with Crippen LogP contribution >= 0.6 is 0 Å². The minimum absolute atomic E-state index is 0.0807. The minimum atomic E-state index is -0.110. The Balaban J connectivity index is 1.55. The molecule has 4 aromatic rings. The molecule has 0 unspecified atom stereocenters. The van der Waals surface area contributed by atoms with E-state index in [4.69, 9.17) is 0 Å². The molecule has 4 rings (SSSR count). The second-order valence-corrected chi connectivity index (χ2v) is 7.30. The van der Waals surface area contributed by atoms with Crippen molar-refractivity contribution in [2.24, 2.45) is 0 Å². The SMILES string of the molecule is Cc1nc2ccc(NC(=O)CCc3ccccc3)cc2c(=O)n1Cc1ccccc1. The van der Waals surface area contributed by atoms with Gasteiger partial charge in [0.2, 0.25) is 5.91 Å². The van der Waals surface area contributed by atoms with Gasteiger partial charge in [-0.05, 0) is 42.7 Å². The van der Waals surface area contributed by atoms with Crippen LogP contribution in [0.5, 0.6) is 0 Å². The fourth-order valence-corrected chi connectivity index (χ4v) is 3.49. The van der Waals surface area contributed by atoms with Gasteiger partial charge >= 0.3 is 0 Å². The van der Waals surface area contributed by atoms with Crippen molar-refractivity contribution in [3.63, 3.8) is 0 Å². The third-order valence-corrected chi connectivity index (χ3v) is 5.10. The first kappa shape index (κ1) is 19.6. The van der Waals surface area contributed by atoms with E-state index in [2.05, 4.69) is 10.3 Å². The van der Waals surface area contributed by atoms with Crippen LogP contribution in [0.2, 0.25) is 0 Å². The van der Waals surface area contributed by atoms with E-state index >= 15 is 0 Å². The molecule has 5 nitrogen and oxygen atoms in total. The molecule has 0 saturated heterocycles. The zero-order valence-corrected chi connectivity index (χ0v) is 16.8. The number of amides is 1. The van der Waals surface area contributed by atoms with Crippen molar-refractivity contribution >= 4 is 22.5 Å². The smallest absolute Gasteiger partial charge is 0.261 e. The molecule has 1 N–H and O–H groups in total. The molecular formula is C25H23N3O2. The number of carbonyl (C=O) groups is 1. The number of hydrogen-bond donors (Lipinski definition) is 1. The van der Waals surface area contributed by atoms with Gasteiger partial charge in [0.25, 0.3) is 5.56 Å². The fraction of sp³-hybridized carbons (Fsp3) is 0.160. The number of nitrogens with zero attached hydrogens (tertiary/aromatic N) is 2. The van der Waals surface area contributed by atoms with Crippen LogP contribution in [-0.4, -0.2) is 15.5 Å². The molecule has 0 radical (unpaired) electrons. The van der Waals surface area contributed by atoms with E-state index in [1.807, 2.05) is 67.6 Å². The highest BCUT2D eigenvalue weighted by Crippen LogP contribution is 2.16. The second-order valence-electron chi connectivity index (χ2n) is 7.30. The third kappa shape index (κ3) is 4.46. The lowest BCUT2D eigenvalue weighted by Gasteiger charge is -2.12. The Morgan fingerprint density at radius 1 is 0.933 bits per heavy atom. The third-order valence-electron chi connectivity index (χ3n) is 5.10. The van der Waals surface area contributed by atoms with Gasteiger partial charge in [-0.1, -0.05) is 60.7 Å². The van der Waals surface area contributed by atoms with Crippen molar-refractivity contribution in [3.8, 4) is 0 Å². The van der Waals surface area contributed by atoms with Crippen LogP contribution in [0, 0.1) is 6.92 Å². The van der Waals surface area contributed by atoms with E-state index in [0.717, 1.165) is 11.1 Å². The molecule has 0 aliphatic rings. The average molecular weight is 397 g/mol. The molecule has 30 heavy (non-hydrogen) atoms. The van der Waals surface area contributed by atoms with Gasteiger partial charge in [-0.2, -0.15) is 0 Å². The molecule has 0 aliphatic carbocycles. The highest BCUT2D eigenvalue weighted by molar-refractivity contribution is 5.93. The number of aromatic nitrogens is 2. The molecule has 0 saturated carbocycles. The number of fused-ring (bicyclic) bond motifs is 1. The van der Waals surface area contributed by atoms with E-state index in [1.165, 1.54) is 0 Å². The molecule has 0 aliphatic heterocycles. The summed E-state index contributed by atoms with van der Waals surface area (Å²) in [4.78, 5) is 30.1. The predicted molar refractivity (Wildman–Crippen MR) is 120 cm³/mol. The fourth-order valence-electron chi connectivity index (χ4n) is 3.49. The Labute approximate surface area is 175 Å². The molecule has 150 valence electrons. The van der Waals surface area contributed by atoms with Gasteiger partial charge in [0, 0.05) is 12.1 Å². The Hall–Kier alpha value is -3.73. The Kier molecular flexibility index (Phi) is 5.70. The normalized spacial score (nSPS) is 10.8. The van der Waals surface area contributed by atoms with Crippen molar-refractivity contribution in [2.75, 3.05) is 5.32 Å². The maximum atomic E-state index is 13.1. The largest absolute Gasteiger partial charge is 0.326 e. The number of nitrogens with one attached hydrogen (secondary N) is 1. The maximum absolute atomic E-state index is 13.1. The predicted octanol–water partition coefficient (Wildman–Crippen LogP) is 4.32. The Bertz CT molecular complexity index is 1230. The van der Waals surface area contributed by atoms with E-state index in [-0.39, 0.29) is 11.5 Å². The first-order chi connectivity index (χ1) is 14.6. The van der Waals surface area contributed by atoms with Crippen molar-refractivity contribution in [2.45, 2.75) is 26.3 Å². The first-order valence-corrected chi connectivity index (χ1v) is 9.99. The van der Waals surface area contributed by atoms with Crippen molar-refractivity contribution in [1.82, 2.24) is 9.55 Å². The van der Waals surface area contributed by atoms with Gasteiger partial charge in [0.15, 0.2) is 0 Å². The number of carbonyl (C=O) groups excluding carboxylic acids is 1. The zero-order chi connectivity index (χ0) is 20.9. The Morgan fingerprint density at radius 3 is 2.30 bits per heavy atom. The standard InChI is InChI=1S/C25H23N3O2/c1-18-26-23-14-13-21(27-24(29)15-12-19-8-4-2-5-9-19)16-22(23)25(30)28(18)17-20-10-6-3-7-11-20/h2-11,13-14,16H,12,15,17H2,1H3,(H,27,29). The number of benzene rings is 3. The van der Waals surface area contributed by atoms with Crippen LogP contribution in [0.15, 0.2) is 83.7 Å². The maximum Gasteiger partial charge on any atom is 0.261 e. The minimum Gasteiger partial charge on any atom is -0.326 e. The number of hydrogen-bond acceptors (Lipinski definition) is 3. The summed E-state index contributed by atoms with van der Waals surface area (Å²) in [5.74, 6) is 0.582. The summed E-state index contributed by atoms with van der Waals surface area (Å²) < 4.78 is 1.67. The summed E-state index contributed by atoms with van der Waals surface area (Å²) in [5, 5.41) is 3.40. The quantitative estimate of drug-likeness (QED) is 0.527. The second kappa shape index (κ2) is 8.74. The van der Waals surface area contributed by atoms with Crippen molar-refractivity contribution in [1.29, 1.82) is 0 Å². The van der Waals surface area contributed by atoms with Crippen LogP contribution in [-0.2, 0) is 17.8 Å². The molecule has 5 heteroatoms. The number of aryl methyl sites for hydroxylation is 2. The molecule has 1 amide bonds. The molecule has 1 aromatic heterocycles.